The largest absolute Gasteiger partial charge is 0.456 e. The van der Waals surface area contributed by atoms with Gasteiger partial charge in [-0.05, 0) is 47.2 Å². The Morgan fingerprint density at radius 3 is 2.29 bits per heavy atom. The fraction of sp³-hybridized carbons (Fsp3) is 0. The maximum Gasteiger partial charge on any atom is 0.136 e. The Bertz CT molecular complexity index is 1170. The SMILES string of the molecule is c1ccc(Nc2ccc3ccc4oc5ccccc5c4c3c2)cc1. The van der Waals surface area contributed by atoms with Crippen molar-refractivity contribution in [3.8, 4) is 0 Å². The molecule has 2 heteroatoms. The number of rotatable bonds is 2. The van der Waals surface area contributed by atoms with Crippen molar-refractivity contribution < 1.29 is 4.42 Å². The van der Waals surface area contributed by atoms with Crippen LogP contribution in [0.25, 0.3) is 32.7 Å². The molecule has 0 bridgehead atoms. The molecule has 0 unspecified atom stereocenters. The van der Waals surface area contributed by atoms with Crippen LogP contribution in [0.15, 0.2) is 89.3 Å². The number of furan rings is 1. The Morgan fingerprint density at radius 1 is 0.583 bits per heavy atom. The van der Waals surface area contributed by atoms with Crippen molar-refractivity contribution in [3.63, 3.8) is 0 Å². The number of benzene rings is 4. The second kappa shape index (κ2) is 5.14. The van der Waals surface area contributed by atoms with Crippen LogP contribution in [0.1, 0.15) is 0 Å². The van der Waals surface area contributed by atoms with E-state index in [0.29, 0.717) is 0 Å². The van der Waals surface area contributed by atoms with Gasteiger partial charge >= 0.3 is 0 Å². The monoisotopic (exact) mass is 309 g/mol. The predicted octanol–water partition coefficient (Wildman–Crippen LogP) is 6.48. The fourth-order valence-corrected chi connectivity index (χ4v) is 3.31. The molecule has 5 aromatic rings. The Balaban J connectivity index is 1.76. The lowest BCUT2D eigenvalue weighted by Gasteiger charge is -2.08. The smallest absolute Gasteiger partial charge is 0.136 e. The molecule has 1 aromatic heterocycles. The van der Waals surface area contributed by atoms with Crippen molar-refractivity contribution in [1.82, 2.24) is 0 Å². The first-order valence-electron chi connectivity index (χ1n) is 8.04. The predicted molar refractivity (Wildman–Crippen MR) is 101 cm³/mol. The average molecular weight is 309 g/mol. The molecule has 24 heavy (non-hydrogen) atoms. The molecule has 0 saturated heterocycles. The molecule has 0 aliphatic carbocycles. The first-order valence-corrected chi connectivity index (χ1v) is 8.04. The minimum absolute atomic E-state index is 0.931. The Morgan fingerprint density at radius 2 is 1.38 bits per heavy atom. The summed E-state index contributed by atoms with van der Waals surface area (Å²) in [5.74, 6) is 0. The zero-order chi connectivity index (χ0) is 15.9. The quantitative estimate of drug-likeness (QED) is 0.403. The molecule has 0 saturated carbocycles. The van der Waals surface area contributed by atoms with E-state index in [2.05, 4.69) is 59.9 Å². The maximum atomic E-state index is 6.00. The lowest BCUT2D eigenvalue weighted by Crippen LogP contribution is -1.89. The topological polar surface area (TPSA) is 25.2 Å². The van der Waals surface area contributed by atoms with Crippen LogP contribution in [0.5, 0.6) is 0 Å². The van der Waals surface area contributed by atoms with Crippen molar-refractivity contribution in [2.45, 2.75) is 0 Å². The summed E-state index contributed by atoms with van der Waals surface area (Å²) in [6.45, 7) is 0. The van der Waals surface area contributed by atoms with Gasteiger partial charge in [0, 0.05) is 22.1 Å². The molecule has 2 nitrogen and oxygen atoms in total. The molecule has 4 aromatic carbocycles. The molecule has 0 aliphatic heterocycles. The minimum atomic E-state index is 0.931. The average Bonchev–Trinajstić information content (AvgIpc) is 3.01. The lowest BCUT2D eigenvalue weighted by atomic mass is 10.0. The number of para-hydroxylation sites is 2. The van der Waals surface area contributed by atoms with Crippen LogP contribution in [-0.2, 0) is 0 Å². The van der Waals surface area contributed by atoms with E-state index in [1.165, 1.54) is 16.2 Å². The summed E-state index contributed by atoms with van der Waals surface area (Å²) in [7, 11) is 0. The van der Waals surface area contributed by atoms with Crippen LogP contribution in [0.3, 0.4) is 0 Å². The third-order valence-corrected chi connectivity index (χ3v) is 4.42. The molecule has 0 atom stereocenters. The van der Waals surface area contributed by atoms with Crippen LogP contribution in [-0.4, -0.2) is 0 Å². The van der Waals surface area contributed by atoms with Gasteiger partial charge in [-0.1, -0.05) is 48.5 Å². The molecule has 0 aliphatic rings. The van der Waals surface area contributed by atoms with Crippen LogP contribution < -0.4 is 5.32 Å². The second-order valence-corrected chi connectivity index (χ2v) is 5.96. The van der Waals surface area contributed by atoms with E-state index in [9.17, 15) is 0 Å². The van der Waals surface area contributed by atoms with Gasteiger partial charge in [0.15, 0.2) is 0 Å². The van der Waals surface area contributed by atoms with Crippen LogP contribution in [0, 0.1) is 0 Å². The summed E-state index contributed by atoms with van der Waals surface area (Å²) < 4.78 is 6.00. The normalized spacial score (nSPS) is 11.3. The fourth-order valence-electron chi connectivity index (χ4n) is 3.31. The number of hydrogen-bond acceptors (Lipinski definition) is 2. The highest BCUT2D eigenvalue weighted by atomic mass is 16.3. The molecular weight excluding hydrogens is 294 g/mol. The van der Waals surface area contributed by atoms with Gasteiger partial charge in [-0.15, -0.1) is 0 Å². The molecular formula is C22H15NO. The summed E-state index contributed by atoms with van der Waals surface area (Å²) in [5.41, 5.74) is 4.02. The summed E-state index contributed by atoms with van der Waals surface area (Å²) >= 11 is 0. The van der Waals surface area contributed by atoms with Crippen molar-refractivity contribution in [3.05, 3.63) is 84.9 Å². The van der Waals surface area contributed by atoms with Gasteiger partial charge in [-0.25, -0.2) is 0 Å². The van der Waals surface area contributed by atoms with Gasteiger partial charge in [-0.3, -0.25) is 0 Å². The highest BCUT2D eigenvalue weighted by molar-refractivity contribution is 6.19. The maximum absolute atomic E-state index is 6.00. The Kier molecular flexibility index (Phi) is 2.83. The summed E-state index contributed by atoms with van der Waals surface area (Å²) in [6, 6.07) is 29.1. The summed E-state index contributed by atoms with van der Waals surface area (Å²) in [5, 5.41) is 8.24. The minimum Gasteiger partial charge on any atom is -0.456 e. The van der Waals surface area contributed by atoms with Crippen molar-refractivity contribution >= 4 is 44.1 Å². The number of hydrogen-bond donors (Lipinski definition) is 1. The first kappa shape index (κ1) is 13.2. The first-order chi connectivity index (χ1) is 11.9. The van der Waals surface area contributed by atoms with E-state index in [4.69, 9.17) is 4.42 Å². The zero-order valence-electron chi connectivity index (χ0n) is 13.0. The van der Waals surface area contributed by atoms with Crippen LogP contribution in [0.2, 0.25) is 0 Å². The molecule has 0 spiro atoms. The van der Waals surface area contributed by atoms with E-state index in [1.807, 2.05) is 30.3 Å². The van der Waals surface area contributed by atoms with Crippen molar-refractivity contribution in [2.75, 3.05) is 5.32 Å². The van der Waals surface area contributed by atoms with Crippen molar-refractivity contribution in [1.29, 1.82) is 0 Å². The third kappa shape index (κ3) is 2.04. The third-order valence-electron chi connectivity index (χ3n) is 4.42. The summed E-state index contributed by atoms with van der Waals surface area (Å²) in [6.07, 6.45) is 0. The van der Waals surface area contributed by atoms with Gasteiger partial charge in [0.1, 0.15) is 11.2 Å². The van der Waals surface area contributed by atoms with E-state index in [1.54, 1.807) is 0 Å². The second-order valence-electron chi connectivity index (χ2n) is 5.96. The molecule has 1 heterocycles. The van der Waals surface area contributed by atoms with Gasteiger partial charge in [0.25, 0.3) is 0 Å². The lowest BCUT2D eigenvalue weighted by molar-refractivity contribution is 0.669. The van der Waals surface area contributed by atoms with Crippen molar-refractivity contribution in [2.24, 2.45) is 0 Å². The van der Waals surface area contributed by atoms with E-state index >= 15 is 0 Å². The van der Waals surface area contributed by atoms with Crippen LogP contribution >= 0.6 is 0 Å². The highest BCUT2D eigenvalue weighted by Crippen LogP contribution is 2.35. The van der Waals surface area contributed by atoms with Gasteiger partial charge < -0.3 is 9.73 Å². The standard InChI is InChI=1S/C22H15NO/c1-2-6-16(7-3-1)23-17-12-10-15-11-13-21-22(19(15)14-17)18-8-4-5-9-20(18)24-21/h1-14,23H. The van der Waals surface area contributed by atoms with E-state index < -0.39 is 0 Å². The zero-order valence-corrected chi connectivity index (χ0v) is 13.0. The van der Waals surface area contributed by atoms with E-state index in [0.717, 1.165) is 27.9 Å². The number of nitrogens with one attached hydrogen (secondary N) is 1. The highest BCUT2D eigenvalue weighted by Gasteiger charge is 2.10. The molecule has 5 rings (SSSR count). The van der Waals surface area contributed by atoms with Gasteiger partial charge in [0.2, 0.25) is 0 Å². The van der Waals surface area contributed by atoms with Gasteiger partial charge in [-0.2, -0.15) is 0 Å². The molecule has 1 N–H and O–H groups in total. The van der Waals surface area contributed by atoms with Crippen LogP contribution in [0.4, 0.5) is 11.4 Å². The molecule has 0 radical (unpaired) electrons. The molecule has 0 amide bonds. The molecule has 0 fully saturated rings. The Labute approximate surface area is 139 Å². The Hall–Kier alpha value is -3.26. The number of fused-ring (bicyclic) bond motifs is 5. The number of anilines is 2. The van der Waals surface area contributed by atoms with Gasteiger partial charge in [0.05, 0.1) is 0 Å². The summed E-state index contributed by atoms with van der Waals surface area (Å²) in [4.78, 5) is 0. The van der Waals surface area contributed by atoms with E-state index in [-0.39, 0.29) is 0 Å². The molecule has 114 valence electrons.